The van der Waals surface area contributed by atoms with Crippen LogP contribution in [-0.4, -0.2) is 25.7 Å². The first-order valence-electron chi connectivity index (χ1n) is 7.82. The Hall–Kier alpha value is -1.42. The van der Waals surface area contributed by atoms with Crippen molar-refractivity contribution in [3.8, 4) is 11.5 Å². The summed E-state index contributed by atoms with van der Waals surface area (Å²) in [7, 11) is 1.55. The van der Waals surface area contributed by atoms with Crippen molar-refractivity contribution in [3.63, 3.8) is 0 Å². The number of nitrogens with one attached hydrogen (secondary N) is 1. The molecule has 4 nitrogen and oxygen atoms in total. The van der Waals surface area contributed by atoms with Crippen LogP contribution in [0.15, 0.2) is 12.1 Å². The molecular weight excluding hydrogens is 302 g/mol. The lowest BCUT2D eigenvalue weighted by molar-refractivity contribution is 0.0937. The summed E-state index contributed by atoms with van der Waals surface area (Å²) in [5, 5.41) is 3.45. The van der Waals surface area contributed by atoms with Gasteiger partial charge in [-0.2, -0.15) is 0 Å². The molecule has 1 aliphatic carbocycles. The van der Waals surface area contributed by atoms with Crippen molar-refractivity contribution in [3.05, 3.63) is 22.7 Å². The van der Waals surface area contributed by atoms with Crippen molar-refractivity contribution in [2.75, 3.05) is 13.7 Å². The molecule has 2 rings (SSSR count). The maximum Gasteiger partial charge on any atom is 0.251 e. The highest BCUT2D eigenvalue weighted by Gasteiger charge is 2.20. The van der Waals surface area contributed by atoms with Gasteiger partial charge in [-0.25, -0.2) is 0 Å². The number of methoxy groups -OCH3 is 1. The van der Waals surface area contributed by atoms with Crippen LogP contribution in [0.5, 0.6) is 11.5 Å². The van der Waals surface area contributed by atoms with Gasteiger partial charge in [-0.05, 0) is 30.9 Å². The van der Waals surface area contributed by atoms with Gasteiger partial charge in [0.25, 0.3) is 5.91 Å². The average molecular weight is 326 g/mol. The molecule has 0 bridgehead atoms. The quantitative estimate of drug-likeness (QED) is 0.858. The average Bonchev–Trinajstić information content (AvgIpc) is 2.97. The van der Waals surface area contributed by atoms with Gasteiger partial charge in [0, 0.05) is 11.6 Å². The van der Waals surface area contributed by atoms with Crippen molar-refractivity contribution in [1.82, 2.24) is 5.32 Å². The van der Waals surface area contributed by atoms with E-state index in [4.69, 9.17) is 21.1 Å². The highest BCUT2D eigenvalue weighted by molar-refractivity contribution is 6.32. The molecule has 0 unspecified atom stereocenters. The molecule has 0 aliphatic heterocycles. The fraction of sp³-hybridized carbons (Fsp3) is 0.588. The number of halogens is 1. The Morgan fingerprint density at radius 2 is 2.05 bits per heavy atom. The molecule has 1 aromatic rings. The minimum Gasteiger partial charge on any atom is -0.493 e. The van der Waals surface area contributed by atoms with Gasteiger partial charge < -0.3 is 14.8 Å². The van der Waals surface area contributed by atoms with Gasteiger partial charge in [-0.15, -0.1) is 0 Å². The van der Waals surface area contributed by atoms with E-state index in [2.05, 4.69) is 19.2 Å². The van der Waals surface area contributed by atoms with Gasteiger partial charge in [0.2, 0.25) is 0 Å². The van der Waals surface area contributed by atoms with Crippen molar-refractivity contribution in [2.45, 2.75) is 45.6 Å². The molecule has 0 radical (unpaired) electrons. The van der Waals surface area contributed by atoms with Crippen LogP contribution < -0.4 is 14.8 Å². The molecular formula is C17H24ClNO3. The second-order valence-corrected chi connectivity index (χ2v) is 6.56. The first kappa shape index (κ1) is 16.9. The summed E-state index contributed by atoms with van der Waals surface area (Å²) >= 11 is 6.27. The van der Waals surface area contributed by atoms with Crippen LogP contribution in [0, 0.1) is 5.92 Å². The predicted molar refractivity (Wildman–Crippen MR) is 88.1 cm³/mol. The first-order chi connectivity index (χ1) is 10.5. The molecule has 0 atom stereocenters. The zero-order valence-electron chi connectivity index (χ0n) is 13.4. The fourth-order valence-electron chi connectivity index (χ4n) is 2.58. The molecule has 0 heterocycles. The normalized spacial score (nSPS) is 15.1. The van der Waals surface area contributed by atoms with Gasteiger partial charge in [0.15, 0.2) is 11.5 Å². The maximum absolute atomic E-state index is 12.3. The van der Waals surface area contributed by atoms with Crippen LogP contribution >= 0.6 is 11.6 Å². The Kier molecular flexibility index (Phi) is 5.95. The largest absolute Gasteiger partial charge is 0.493 e. The number of hydrogen-bond acceptors (Lipinski definition) is 3. The Morgan fingerprint density at radius 3 is 2.64 bits per heavy atom. The molecule has 1 aromatic carbocycles. The standard InChI is InChI=1S/C17H24ClNO3/c1-11(2)10-22-16-14(18)8-12(9-15(16)21-3)17(20)19-13-6-4-5-7-13/h8-9,11,13H,4-7,10H2,1-3H3,(H,19,20). The molecule has 1 amide bonds. The summed E-state index contributed by atoms with van der Waals surface area (Å²) in [6.45, 7) is 4.66. The highest BCUT2D eigenvalue weighted by Crippen LogP contribution is 2.36. The molecule has 122 valence electrons. The molecule has 22 heavy (non-hydrogen) atoms. The Morgan fingerprint density at radius 1 is 1.36 bits per heavy atom. The van der Waals surface area contributed by atoms with Crippen LogP contribution in [0.2, 0.25) is 5.02 Å². The second kappa shape index (κ2) is 7.73. The van der Waals surface area contributed by atoms with Gasteiger partial charge in [-0.1, -0.05) is 38.3 Å². The number of rotatable bonds is 6. The van der Waals surface area contributed by atoms with Crippen molar-refractivity contribution < 1.29 is 14.3 Å². The van der Waals surface area contributed by atoms with E-state index in [-0.39, 0.29) is 11.9 Å². The van der Waals surface area contributed by atoms with Crippen LogP contribution in [0.3, 0.4) is 0 Å². The minimum atomic E-state index is -0.109. The maximum atomic E-state index is 12.3. The number of benzene rings is 1. The summed E-state index contributed by atoms with van der Waals surface area (Å²) in [6.07, 6.45) is 4.45. The topological polar surface area (TPSA) is 47.6 Å². The first-order valence-corrected chi connectivity index (χ1v) is 8.20. The van der Waals surface area contributed by atoms with E-state index in [0.29, 0.717) is 34.6 Å². The SMILES string of the molecule is COc1cc(C(=O)NC2CCCC2)cc(Cl)c1OCC(C)C. The molecule has 1 N–H and O–H groups in total. The third-order valence-electron chi connectivity index (χ3n) is 3.74. The van der Waals surface area contributed by atoms with E-state index in [1.807, 2.05) is 0 Å². The fourth-order valence-corrected chi connectivity index (χ4v) is 2.85. The lowest BCUT2D eigenvalue weighted by Crippen LogP contribution is -2.32. The summed E-state index contributed by atoms with van der Waals surface area (Å²) in [4.78, 5) is 12.3. The summed E-state index contributed by atoms with van der Waals surface area (Å²) in [5.41, 5.74) is 0.505. The van der Waals surface area contributed by atoms with E-state index in [0.717, 1.165) is 12.8 Å². The highest BCUT2D eigenvalue weighted by atomic mass is 35.5. The lowest BCUT2D eigenvalue weighted by atomic mass is 10.1. The molecule has 0 aromatic heterocycles. The summed E-state index contributed by atoms with van der Waals surface area (Å²) in [5.74, 6) is 1.26. The second-order valence-electron chi connectivity index (χ2n) is 6.15. The molecule has 0 spiro atoms. The van der Waals surface area contributed by atoms with E-state index in [1.54, 1.807) is 19.2 Å². The Bertz CT molecular complexity index is 525. The van der Waals surface area contributed by atoms with Crippen molar-refractivity contribution >= 4 is 17.5 Å². The van der Waals surface area contributed by atoms with Crippen molar-refractivity contribution in [2.24, 2.45) is 5.92 Å². The van der Waals surface area contributed by atoms with E-state index in [9.17, 15) is 4.79 Å². The molecule has 0 saturated heterocycles. The van der Waals surface area contributed by atoms with E-state index >= 15 is 0 Å². The third-order valence-corrected chi connectivity index (χ3v) is 4.02. The Labute approximate surface area is 137 Å². The van der Waals surface area contributed by atoms with Crippen LogP contribution in [0.25, 0.3) is 0 Å². The number of hydrogen-bond donors (Lipinski definition) is 1. The van der Waals surface area contributed by atoms with Gasteiger partial charge in [-0.3, -0.25) is 4.79 Å². The van der Waals surface area contributed by atoms with Gasteiger partial charge >= 0.3 is 0 Å². The minimum absolute atomic E-state index is 0.109. The van der Waals surface area contributed by atoms with Crippen LogP contribution in [-0.2, 0) is 0 Å². The van der Waals surface area contributed by atoms with Crippen LogP contribution in [0.1, 0.15) is 49.9 Å². The molecule has 1 fully saturated rings. The van der Waals surface area contributed by atoms with Crippen LogP contribution in [0.4, 0.5) is 0 Å². The number of carbonyl (C=O) groups excluding carboxylic acids is 1. The third kappa shape index (κ3) is 4.29. The monoisotopic (exact) mass is 325 g/mol. The zero-order chi connectivity index (χ0) is 16.1. The predicted octanol–water partition coefficient (Wildman–Crippen LogP) is 4.06. The smallest absolute Gasteiger partial charge is 0.251 e. The van der Waals surface area contributed by atoms with Crippen molar-refractivity contribution in [1.29, 1.82) is 0 Å². The number of carbonyl (C=O) groups is 1. The molecule has 1 saturated carbocycles. The summed E-state index contributed by atoms with van der Waals surface area (Å²) in [6, 6.07) is 3.60. The van der Waals surface area contributed by atoms with E-state index in [1.165, 1.54) is 12.8 Å². The van der Waals surface area contributed by atoms with Gasteiger partial charge in [0.05, 0.1) is 18.7 Å². The van der Waals surface area contributed by atoms with E-state index < -0.39 is 0 Å². The molecule has 5 heteroatoms. The molecule has 1 aliphatic rings. The number of amides is 1. The zero-order valence-corrected chi connectivity index (χ0v) is 14.2. The van der Waals surface area contributed by atoms with Gasteiger partial charge in [0.1, 0.15) is 0 Å². The Balaban J connectivity index is 2.15. The number of ether oxygens (including phenoxy) is 2. The summed E-state index contributed by atoms with van der Waals surface area (Å²) < 4.78 is 11.0. The lowest BCUT2D eigenvalue weighted by Gasteiger charge is -2.16.